The molecule has 24 heavy (non-hydrogen) atoms. The summed E-state index contributed by atoms with van der Waals surface area (Å²) in [5, 5.41) is 14.1. The SMILES string of the molecule is CC(NC(=O)Cn1nnc2ccccc21)c1nc(C(C)(C)C)cs1. The van der Waals surface area contributed by atoms with Gasteiger partial charge in [-0.3, -0.25) is 4.79 Å². The smallest absolute Gasteiger partial charge is 0.242 e. The van der Waals surface area contributed by atoms with E-state index in [1.807, 2.05) is 31.2 Å². The standard InChI is InChI=1S/C17H21N5OS/c1-11(16-19-14(10-24-16)17(2,3)4)18-15(23)9-22-13-8-6-5-7-12(13)20-21-22/h5-8,10-11H,9H2,1-4H3,(H,18,23). The second kappa shape index (κ2) is 6.32. The van der Waals surface area contributed by atoms with Crippen molar-refractivity contribution in [2.24, 2.45) is 0 Å². The number of amides is 1. The predicted octanol–water partition coefficient (Wildman–Crippen LogP) is 3.06. The number of hydrogen-bond donors (Lipinski definition) is 1. The molecular weight excluding hydrogens is 322 g/mol. The minimum Gasteiger partial charge on any atom is -0.346 e. The highest BCUT2D eigenvalue weighted by Crippen LogP contribution is 2.26. The van der Waals surface area contributed by atoms with Gasteiger partial charge in [-0.25, -0.2) is 9.67 Å². The summed E-state index contributed by atoms with van der Waals surface area (Å²) in [4.78, 5) is 17.0. The maximum Gasteiger partial charge on any atom is 0.242 e. The van der Waals surface area contributed by atoms with Crippen molar-refractivity contribution in [1.29, 1.82) is 0 Å². The van der Waals surface area contributed by atoms with Crippen molar-refractivity contribution in [3.8, 4) is 0 Å². The van der Waals surface area contributed by atoms with E-state index in [0.717, 1.165) is 21.7 Å². The Kier molecular flexibility index (Phi) is 4.36. The zero-order chi connectivity index (χ0) is 17.3. The number of nitrogens with zero attached hydrogens (tertiary/aromatic N) is 4. The third-order valence-electron chi connectivity index (χ3n) is 3.75. The minimum absolute atomic E-state index is 0.0120. The first-order valence-corrected chi connectivity index (χ1v) is 8.76. The van der Waals surface area contributed by atoms with E-state index < -0.39 is 0 Å². The molecule has 1 atom stereocenters. The van der Waals surface area contributed by atoms with Gasteiger partial charge in [-0.15, -0.1) is 16.4 Å². The monoisotopic (exact) mass is 343 g/mol. The molecule has 2 heterocycles. The molecule has 3 aromatic rings. The van der Waals surface area contributed by atoms with Crippen LogP contribution in [0.4, 0.5) is 0 Å². The van der Waals surface area contributed by atoms with Crippen LogP contribution in [0.5, 0.6) is 0 Å². The Morgan fingerprint density at radius 3 is 2.79 bits per heavy atom. The van der Waals surface area contributed by atoms with E-state index in [1.54, 1.807) is 16.0 Å². The molecule has 1 amide bonds. The normalized spacial score (nSPS) is 13.2. The van der Waals surface area contributed by atoms with Gasteiger partial charge in [-0.05, 0) is 19.1 Å². The number of aromatic nitrogens is 4. The average molecular weight is 343 g/mol. The van der Waals surface area contributed by atoms with Crippen molar-refractivity contribution >= 4 is 28.3 Å². The quantitative estimate of drug-likeness (QED) is 0.790. The van der Waals surface area contributed by atoms with Crippen LogP contribution in [-0.4, -0.2) is 25.9 Å². The first-order chi connectivity index (χ1) is 11.3. The number of nitrogens with one attached hydrogen (secondary N) is 1. The fourth-order valence-corrected chi connectivity index (χ4v) is 3.40. The van der Waals surface area contributed by atoms with Gasteiger partial charge in [0, 0.05) is 10.8 Å². The van der Waals surface area contributed by atoms with Gasteiger partial charge in [0.2, 0.25) is 5.91 Å². The predicted molar refractivity (Wildman–Crippen MR) is 94.9 cm³/mol. The first kappa shape index (κ1) is 16.6. The summed E-state index contributed by atoms with van der Waals surface area (Å²) in [6, 6.07) is 7.46. The summed E-state index contributed by atoms with van der Waals surface area (Å²) < 4.78 is 1.61. The molecule has 1 N–H and O–H groups in total. The van der Waals surface area contributed by atoms with E-state index in [1.165, 1.54) is 0 Å². The Morgan fingerprint density at radius 1 is 1.33 bits per heavy atom. The largest absolute Gasteiger partial charge is 0.346 e. The average Bonchev–Trinajstić information content (AvgIpc) is 3.14. The van der Waals surface area contributed by atoms with Crippen LogP contribution in [0.25, 0.3) is 11.0 Å². The lowest BCUT2D eigenvalue weighted by molar-refractivity contribution is -0.122. The first-order valence-electron chi connectivity index (χ1n) is 7.88. The lowest BCUT2D eigenvalue weighted by atomic mass is 9.93. The summed E-state index contributed by atoms with van der Waals surface area (Å²) in [6.07, 6.45) is 0. The summed E-state index contributed by atoms with van der Waals surface area (Å²) in [5.74, 6) is -0.106. The summed E-state index contributed by atoms with van der Waals surface area (Å²) in [5.41, 5.74) is 2.70. The maximum atomic E-state index is 12.3. The minimum atomic E-state index is -0.131. The van der Waals surface area contributed by atoms with Crippen LogP contribution in [0.15, 0.2) is 29.6 Å². The van der Waals surface area contributed by atoms with Crippen LogP contribution in [-0.2, 0) is 16.8 Å². The van der Waals surface area contributed by atoms with E-state index in [4.69, 9.17) is 0 Å². The van der Waals surface area contributed by atoms with E-state index in [0.29, 0.717) is 0 Å². The molecule has 0 bridgehead atoms. The van der Waals surface area contributed by atoms with E-state index in [9.17, 15) is 4.79 Å². The van der Waals surface area contributed by atoms with Crippen molar-refractivity contribution in [1.82, 2.24) is 25.3 Å². The van der Waals surface area contributed by atoms with Crippen molar-refractivity contribution in [3.63, 3.8) is 0 Å². The van der Waals surface area contributed by atoms with Gasteiger partial charge in [0.1, 0.15) is 17.1 Å². The molecule has 1 unspecified atom stereocenters. The maximum absolute atomic E-state index is 12.3. The number of carbonyl (C=O) groups is 1. The molecule has 0 aliphatic carbocycles. The van der Waals surface area contributed by atoms with Crippen LogP contribution < -0.4 is 5.32 Å². The third-order valence-corrected chi connectivity index (χ3v) is 4.78. The molecular formula is C17H21N5OS. The number of carbonyl (C=O) groups excluding carboxylic acids is 1. The van der Waals surface area contributed by atoms with Gasteiger partial charge in [0.15, 0.2) is 0 Å². The molecule has 0 saturated carbocycles. The van der Waals surface area contributed by atoms with Crippen molar-refractivity contribution in [2.45, 2.75) is 45.7 Å². The number of hydrogen-bond acceptors (Lipinski definition) is 5. The van der Waals surface area contributed by atoms with Crippen LogP contribution in [0, 0.1) is 0 Å². The molecule has 6 nitrogen and oxygen atoms in total. The van der Waals surface area contributed by atoms with Gasteiger partial charge in [0.25, 0.3) is 0 Å². The molecule has 7 heteroatoms. The molecule has 0 spiro atoms. The van der Waals surface area contributed by atoms with Gasteiger partial charge in [0.05, 0.1) is 17.3 Å². The summed E-state index contributed by atoms with van der Waals surface area (Å²) >= 11 is 1.58. The fourth-order valence-electron chi connectivity index (χ4n) is 2.35. The second-order valence-electron chi connectivity index (χ2n) is 6.85. The van der Waals surface area contributed by atoms with Crippen LogP contribution in [0.2, 0.25) is 0 Å². The zero-order valence-corrected chi connectivity index (χ0v) is 15.1. The van der Waals surface area contributed by atoms with Gasteiger partial charge < -0.3 is 5.32 Å². The number of rotatable bonds is 4. The summed E-state index contributed by atoms with van der Waals surface area (Å²) in [7, 11) is 0. The highest BCUT2D eigenvalue weighted by Gasteiger charge is 2.20. The van der Waals surface area contributed by atoms with Crippen molar-refractivity contribution < 1.29 is 4.79 Å². The lowest BCUT2D eigenvalue weighted by Crippen LogP contribution is -2.30. The fraction of sp³-hybridized carbons (Fsp3) is 0.412. The Hall–Kier alpha value is -2.28. The van der Waals surface area contributed by atoms with Gasteiger partial charge in [-0.1, -0.05) is 38.1 Å². The molecule has 0 radical (unpaired) electrons. The van der Waals surface area contributed by atoms with Crippen molar-refractivity contribution in [2.75, 3.05) is 0 Å². The molecule has 1 aromatic carbocycles. The Labute approximate surface area is 144 Å². The number of fused-ring (bicyclic) bond motifs is 1. The summed E-state index contributed by atoms with van der Waals surface area (Å²) in [6.45, 7) is 8.48. The number of benzene rings is 1. The molecule has 2 aromatic heterocycles. The molecule has 0 aliphatic rings. The molecule has 0 aliphatic heterocycles. The zero-order valence-electron chi connectivity index (χ0n) is 14.3. The van der Waals surface area contributed by atoms with Crippen LogP contribution in [0.1, 0.15) is 44.4 Å². The Balaban J connectivity index is 1.67. The van der Waals surface area contributed by atoms with Crippen LogP contribution in [0.3, 0.4) is 0 Å². The van der Waals surface area contributed by atoms with E-state index in [2.05, 4.69) is 46.8 Å². The lowest BCUT2D eigenvalue weighted by Gasteiger charge is -2.15. The molecule has 126 valence electrons. The Morgan fingerprint density at radius 2 is 2.08 bits per heavy atom. The highest BCUT2D eigenvalue weighted by molar-refractivity contribution is 7.09. The molecule has 0 fully saturated rings. The number of para-hydroxylation sites is 1. The molecule has 3 rings (SSSR count). The van der Waals surface area contributed by atoms with Crippen molar-refractivity contribution in [3.05, 3.63) is 40.3 Å². The van der Waals surface area contributed by atoms with E-state index in [-0.39, 0.29) is 23.9 Å². The highest BCUT2D eigenvalue weighted by atomic mass is 32.1. The second-order valence-corrected chi connectivity index (χ2v) is 7.74. The van der Waals surface area contributed by atoms with Gasteiger partial charge in [-0.2, -0.15) is 0 Å². The third kappa shape index (κ3) is 3.46. The van der Waals surface area contributed by atoms with E-state index >= 15 is 0 Å². The molecule has 0 saturated heterocycles. The Bertz CT molecular complexity index is 861. The number of thiazole rings is 1. The van der Waals surface area contributed by atoms with Gasteiger partial charge >= 0.3 is 0 Å². The van der Waals surface area contributed by atoms with Crippen LogP contribution >= 0.6 is 11.3 Å². The topological polar surface area (TPSA) is 72.7 Å².